The lowest BCUT2D eigenvalue weighted by Crippen LogP contribution is -2.18. The Kier molecular flexibility index (Phi) is 23.3. The SMILES string of the molecule is CCCCCCCCCOC(C/C=C\CCO)OCCCCCCCCC. The van der Waals surface area contributed by atoms with Gasteiger partial charge >= 0.3 is 0 Å². The second-order valence-corrected chi connectivity index (χ2v) is 7.63. The van der Waals surface area contributed by atoms with Crippen LogP contribution in [0, 0.1) is 0 Å². The lowest BCUT2D eigenvalue weighted by atomic mass is 10.1. The van der Waals surface area contributed by atoms with Gasteiger partial charge in [-0.2, -0.15) is 0 Å². The number of ether oxygens (including phenoxy) is 2. The molecule has 0 radical (unpaired) electrons. The second-order valence-electron chi connectivity index (χ2n) is 7.63. The molecule has 0 unspecified atom stereocenters. The van der Waals surface area contributed by atoms with Crippen LogP contribution in [0.2, 0.25) is 0 Å². The van der Waals surface area contributed by atoms with Gasteiger partial charge in [0.25, 0.3) is 0 Å². The first-order valence-electron chi connectivity index (χ1n) is 11.8. The zero-order chi connectivity index (χ0) is 19.8. The standard InChI is InChI=1S/C24H48O3/c1-3-5-7-9-11-13-18-22-26-24(20-16-15-17-21-25)27-23-19-14-12-10-8-6-4-2/h15-16,24-25H,3-14,17-23H2,1-2H3/b16-15-. The molecule has 0 aliphatic heterocycles. The van der Waals surface area contributed by atoms with Crippen LogP contribution in [-0.2, 0) is 9.47 Å². The average molecular weight is 385 g/mol. The fraction of sp³-hybridized carbons (Fsp3) is 0.917. The summed E-state index contributed by atoms with van der Waals surface area (Å²) in [4.78, 5) is 0. The summed E-state index contributed by atoms with van der Waals surface area (Å²) < 4.78 is 11.9. The quantitative estimate of drug-likeness (QED) is 0.122. The van der Waals surface area contributed by atoms with Crippen molar-refractivity contribution in [3.63, 3.8) is 0 Å². The Labute approximate surface area is 169 Å². The Morgan fingerprint density at radius 3 is 1.52 bits per heavy atom. The smallest absolute Gasteiger partial charge is 0.160 e. The van der Waals surface area contributed by atoms with E-state index < -0.39 is 0 Å². The molecule has 0 rings (SSSR count). The molecule has 0 aromatic rings. The fourth-order valence-corrected chi connectivity index (χ4v) is 3.13. The van der Waals surface area contributed by atoms with Gasteiger partial charge in [-0.1, -0.05) is 103 Å². The van der Waals surface area contributed by atoms with Crippen molar-refractivity contribution in [2.45, 2.75) is 123 Å². The summed E-state index contributed by atoms with van der Waals surface area (Å²) in [6.45, 7) is 6.32. The predicted molar refractivity (Wildman–Crippen MR) is 117 cm³/mol. The summed E-state index contributed by atoms with van der Waals surface area (Å²) in [5.74, 6) is 0. The number of unbranched alkanes of at least 4 members (excludes halogenated alkanes) is 12. The lowest BCUT2D eigenvalue weighted by molar-refractivity contribution is -0.141. The average Bonchev–Trinajstić information content (AvgIpc) is 2.68. The molecule has 0 saturated heterocycles. The highest BCUT2D eigenvalue weighted by Crippen LogP contribution is 2.11. The van der Waals surface area contributed by atoms with Crippen molar-refractivity contribution in [1.82, 2.24) is 0 Å². The van der Waals surface area contributed by atoms with Crippen LogP contribution in [0.25, 0.3) is 0 Å². The molecular formula is C24H48O3. The Morgan fingerprint density at radius 1 is 0.630 bits per heavy atom. The van der Waals surface area contributed by atoms with E-state index in [0.717, 1.165) is 32.5 Å². The molecule has 0 aromatic carbocycles. The number of hydrogen-bond donors (Lipinski definition) is 1. The predicted octanol–water partition coefficient (Wildman–Crippen LogP) is 7.18. The lowest BCUT2D eigenvalue weighted by Gasteiger charge is -2.17. The molecule has 0 aliphatic carbocycles. The van der Waals surface area contributed by atoms with Gasteiger partial charge in [0.05, 0.1) is 0 Å². The Balaban J connectivity index is 3.77. The van der Waals surface area contributed by atoms with Gasteiger partial charge in [0, 0.05) is 26.2 Å². The van der Waals surface area contributed by atoms with Crippen LogP contribution in [0.3, 0.4) is 0 Å². The largest absolute Gasteiger partial charge is 0.396 e. The highest BCUT2D eigenvalue weighted by atomic mass is 16.7. The maximum atomic E-state index is 8.87. The molecule has 162 valence electrons. The van der Waals surface area contributed by atoms with Crippen molar-refractivity contribution in [2.24, 2.45) is 0 Å². The van der Waals surface area contributed by atoms with Crippen molar-refractivity contribution in [1.29, 1.82) is 0 Å². The molecule has 0 aromatic heterocycles. The van der Waals surface area contributed by atoms with Gasteiger partial charge in [0.1, 0.15) is 0 Å². The third kappa shape index (κ3) is 21.8. The van der Waals surface area contributed by atoms with Gasteiger partial charge in [-0.3, -0.25) is 0 Å². The Bertz CT molecular complexity index is 271. The summed E-state index contributed by atoms with van der Waals surface area (Å²) in [7, 11) is 0. The number of aliphatic hydroxyl groups is 1. The molecule has 0 atom stereocenters. The van der Waals surface area contributed by atoms with Gasteiger partial charge in [-0.15, -0.1) is 0 Å². The van der Waals surface area contributed by atoms with E-state index in [2.05, 4.69) is 19.9 Å². The van der Waals surface area contributed by atoms with Crippen molar-refractivity contribution < 1.29 is 14.6 Å². The first-order chi connectivity index (χ1) is 13.3. The van der Waals surface area contributed by atoms with Crippen molar-refractivity contribution in [2.75, 3.05) is 19.8 Å². The third-order valence-electron chi connectivity index (χ3n) is 4.89. The van der Waals surface area contributed by atoms with E-state index in [1.54, 1.807) is 0 Å². The molecule has 0 amide bonds. The van der Waals surface area contributed by atoms with E-state index in [1.807, 2.05) is 6.08 Å². The summed E-state index contributed by atoms with van der Waals surface area (Å²) >= 11 is 0. The monoisotopic (exact) mass is 384 g/mol. The highest BCUT2D eigenvalue weighted by molar-refractivity contribution is 4.82. The molecule has 0 fully saturated rings. The van der Waals surface area contributed by atoms with E-state index in [0.29, 0.717) is 6.42 Å². The maximum absolute atomic E-state index is 8.87. The maximum Gasteiger partial charge on any atom is 0.160 e. The topological polar surface area (TPSA) is 38.7 Å². The first-order valence-corrected chi connectivity index (χ1v) is 11.8. The molecule has 0 saturated carbocycles. The molecule has 3 nitrogen and oxygen atoms in total. The number of aliphatic hydroxyl groups excluding tert-OH is 1. The molecule has 0 spiro atoms. The normalized spacial score (nSPS) is 11.9. The number of rotatable bonds is 22. The van der Waals surface area contributed by atoms with Crippen molar-refractivity contribution in [3.8, 4) is 0 Å². The van der Waals surface area contributed by atoms with E-state index in [4.69, 9.17) is 14.6 Å². The third-order valence-corrected chi connectivity index (χ3v) is 4.89. The Hall–Kier alpha value is -0.380. The van der Waals surface area contributed by atoms with Gasteiger partial charge in [-0.25, -0.2) is 0 Å². The molecule has 27 heavy (non-hydrogen) atoms. The molecule has 3 heteroatoms. The van der Waals surface area contributed by atoms with Crippen LogP contribution in [0.4, 0.5) is 0 Å². The van der Waals surface area contributed by atoms with Crippen molar-refractivity contribution in [3.05, 3.63) is 12.2 Å². The molecule has 0 heterocycles. The molecule has 1 N–H and O–H groups in total. The fourth-order valence-electron chi connectivity index (χ4n) is 3.13. The van der Waals surface area contributed by atoms with Gasteiger partial charge in [-0.05, 0) is 19.3 Å². The minimum atomic E-state index is -0.125. The van der Waals surface area contributed by atoms with Crippen LogP contribution in [0.1, 0.15) is 117 Å². The summed E-state index contributed by atoms with van der Waals surface area (Å²) in [5.41, 5.74) is 0. The Morgan fingerprint density at radius 2 is 1.07 bits per heavy atom. The highest BCUT2D eigenvalue weighted by Gasteiger charge is 2.07. The van der Waals surface area contributed by atoms with Crippen molar-refractivity contribution >= 4 is 0 Å². The van der Waals surface area contributed by atoms with E-state index in [-0.39, 0.29) is 12.9 Å². The zero-order valence-corrected chi connectivity index (χ0v) is 18.4. The van der Waals surface area contributed by atoms with Crippen LogP contribution in [0.5, 0.6) is 0 Å². The number of hydrogen-bond acceptors (Lipinski definition) is 3. The molecule has 0 aliphatic rings. The van der Waals surface area contributed by atoms with E-state index >= 15 is 0 Å². The summed E-state index contributed by atoms with van der Waals surface area (Å²) in [5, 5.41) is 8.87. The second kappa shape index (κ2) is 23.7. The minimum Gasteiger partial charge on any atom is -0.396 e. The summed E-state index contributed by atoms with van der Waals surface area (Å²) in [6.07, 6.45) is 23.7. The molecule has 0 bridgehead atoms. The van der Waals surface area contributed by atoms with Crippen LogP contribution < -0.4 is 0 Å². The van der Waals surface area contributed by atoms with E-state index in [9.17, 15) is 0 Å². The molecular weight excluding hydrogens is 336 g/mol. The van der Waals surface area contributed by atoms with Crippen LogP contribution >= 0.6 is 0 Å². The van der Waals surface area contributed by atoms with Crippen LogP contribution in [-0.4, -0.2) is 31.2 Å². The van der Waals surface area contributed by atoms with E-state index in [1.165, 1.54) is 77.0 Å². The first kappa shape index (κ1) is 26.6. The van der Waals surface area contributed by atoms with Gasteiger partial charge in [0.15, 0.2) is 6.29 Å². The van der Waals surface area contributed by atoms with Gasteiger partial charge in [0.2, 0.25) is 0 Å². The minimum absolute atomic E-state index is 0.125. The van der Waals surface area contributed by atoms with Crippen LogP contribution in [0.15, 0.2) is 12.2 Å². The zero-order valence-electron chi connectivity index (χ0n) is 18.4. The van der Waals surface area contributed by atoms with Gasteiger partial charge < -0.3 is 14.6 Å². The summed E-state index contributed by atoms with van der Waals surface area (Å²) in [6, 6.07) is 0.